The molecule has 0 aromatic carbocycles. The Kier molecular flexibility index (Phi) is 2.71. The molecule has 0 unspecified atom stereocenters. The van der Waals surface area contributed by atoms with Crippen LogP contribution in [0.15, 0.2) is 22.8 Å². The van der Waals surface area contributed by atoms with E-state index in [4.69, 9.17) is 5.02 Å². The fraction of sp³-hybridized carbons (Fsp3) is 0. The Balaban J connectivity index is 2.69. The van der Waals surface area contributed by atoms with Crippen LogP contribution in [0.3, 0.4) is 0 Å². The minimum Gasteiger partial charge on any atom is -0.525 e. The smallest absolute Gasteiger partial charge is 0.505 e. The highest BCUT2D eigenvalue weighted by atomic mass is 79.9. The third kappa shape index (κ3) is 2.00. The summed E-state index contributed by atoms with van der Waals surface area (Å²) in [6.45, 7) is 0. The zero-order valence-electron chi connectivity index (χ0n) is 5.12. The van der Waals surface area contributed by atoms with Crippen molar-refractivity contribution in [2.24, 2.45) is 0 Å². The summed E-state index contributed by atoms with van der Waals surface area (Å²) in [7, 11) is -0.339. The summed E-state index contributed by atoms with van der Waals surface area (Å²) >= 11 is 3.22. The van der Waals surface area contributed by atoms with Gasteiger partial charge >= 0.3 is 7.69 Å². The van der Waals surface area contributed by atoms with E-state index < -0.39 is 0 Å². The molecule has 5 heteroatoms. The first-order valence-corrected chi connectivity index (χ1v) is 3.47. The molecule has 0 aliphatic rings. The molecule has 1 aromatic heterocycles. The van der Waals surface area contributed by atoms with Gasteiger partial charge in [0.1, 0.15) is 0 Å². The highest BCUT2D eigenvalue weighted by Crippen LogP contribution is 2.11. The summed E-state index contributed by atoms with van der Waals surface area (Å²) in [5.41, 5.74) is 0. The second-order valence-corrected chi connectivity index (χ2v) is 2.50. The Morgan fingerprint density at radius 3 is 2.90 bits per heavy atom. The molecule has 0 aliphatic carbocycles. The van der Waals surface area contributed by atoms with Gasteiger partial charge in [-0.3, -0.25) is 0 Å². The maximum Gasteiger partial charge on any atom is 0.505 e. The molecular formula is C5H5BBrNO2. The van der Waals surface area contributed by atoms with Gasteiger partial charge < -0.3 is 9.68 Å². The molecule has 1 N–H and O–H groups in total. The Morgan fingerprint density at radius 1 is 1.60 bits per heavy atom. The first-order valence-electron chi connectivity index (χ1n) is 2.68. The molecule has 0 atom stereocenters. The van der Waals surface area contributed by atoms with Gasteiger partial charge in [0.05, 0.1) is 0 Å². The van der Waals surface area contributed by atoms with Crippen LogP contribution in [-0.4, -0.2) is 17.7 Å². The molecule has 1 aromatic rings. The number of aromatic nitrogens is 1. The molecule has 0 spiro atoms. The van der Waals surface area contributed by atoms with E-state index in [0.29, 0.717) is 5.88 Å². The zero-order valence-corrected chi connectivity index (χ0v) is 6.71. The van der Waals surface area contributed by atoms with Crippen LogP contribution in [-0.2, 0) is 0 Å². The maximum absolute atomic E-state index is 8.32. The first-order chi connectivity index (χ1) is 4.83. The van der Waals surface area contributed by atoms with E-state index in [2.05, 4.69) is 25.6 Å². The van der Waals surface area contributed by atoms with Crippen molar-refractivity contribution >= 4 is 23.6 Å². The Morgan fingerprint density at radius 2 is 2.40 bits per heavy atom. The molecular weight excluding hydrogens is 197 g/mol. The number of rotatable bonds is 2. The van der Waals surface area contributed by atoms with E-state index >= 15 is 0 Å². The number of nitrogens with zero attached hydrogens (tertiary/aromatic N) is 1. The van der Waals surface area contributed by atoms with Crippen molar-refractivity contribution < 1.29 is 9.68 Å². The zero-order chi connectivity index (χ0) is 7.40. The number of halogens is 1. The van der Waals surface area contributed by atoms with E-state index in [9.17, 15) is 0 Å². The lowest BCUT2D eigenvalue weighted by molar-refractivity contribution is 0.443. The van der Waals surface area contributed by atoms with E-state index in [1.165, 1.54) is 0 Å². The molecule has 0 saturated carbocycles. The standard InChI is InChI=1S/C5H5BBrNO2/c7-4-1-2-5(8-3-4)10-6-9/h1-3,6,9H. The lowest BCUT2D eigenvalue weighted by Gasteiger charge is -1.98. The monoisotopic (exact) mass is 201 g/mol. The van der Waals surface area contributed by atoms with Crippen LogP contribution in [0.5, 0.6) is 5.88 Å². The average molecular weight is 202 g/mol. The largest absolute Gasteiger partial charge is 0.525 e. The van der Waals surface area contributed by atoms with Crippen molar-refractivity contribution in [2.45, 2.75) is 0 Å². The molecule has 0 amide bonds. The topological polar surface area (TPSA) is 42.4 Å². The van der Waals surface area contributed by atoms with Crippen LogP contribution < -0.4 is 4.65 Å². The Bertz CT molecular complexity index is 203. The number of pyridine rings is 1. The van der Waals surface area contributed by atoms with Gasteiger partial charge in [0.25, 0.3) is 0 Å². The lowest BCUT2D eigenvalue weighted by atomic mass is 10.4. The van der Waals surface area contributed by atoms with Crippen LogP contribution in [0.25, 0.3) is 0 Å². The molecule has 0 saturated heterocycles. The van der Waals surface area contributed by atoms with Crippen LogP contribution in [0.4, 0.5) is 0 Å². The van der Waals surface area contributed by atoms with Gasteiger partial charge in [-0.15, -0.1) is 0 Å². The second-order valence-electron chi connectivity index (χ2n) is 1.59. The van der Waals surface area contributed by atoms with Gasteiger partial charge in [-0.1, -0.05) is 0 Å². The Hall–Kier alpha value is -0.545. The fourth-order valence-corrected chi connectivity index (χ4v) is 0.748. The number of hydrogen-bond donors (Lipinski definition) is 1. The minimum absolute atomic E-state index is 0.339. The number of hydrogen-bond acceptors (Lipinski definition) is 3. The molecule has 1 heterocycles. The van der Waals surface area contributed by atoms with E-state index in [0.717, 1.165) is 4.47 Å². The van der Waals surface area contributed by atoms with Gasteiger partial charge in [-0.2, -0.15) is 0 Å². The molecule has 0 bridgehead atoms. The highest BCUT2D eigenvalue weighted by molar-refractivity contribution is 9.10. The molecule has 0 radical (unpaired) electrons. The van der Waals surface area contributed by atoms with E-state index in [-0.39, 0.29) is 7.69 Å². The predicted molar refractivity (Wildman–Crippen MR) is 41.9 cm³/mol. The fourth-order valence-electron chi connectivity index (χ4n) is 0.514. The van der Waals surface area contributed by atoms with Crippen molar-refractivity contribution in [1.29, 1.82) is 0 Å². The summed E-state index contributed by atoms with van der Waals surface area (Å²) in [5, 5.41) is 8.32. The van der Waals surface area contributed by atoms with E-state index in [1.54, 1.807) is 18.3 Å². The van der Waals surface area contributed by atoms with Crippen molar-refractivity contribution in [2.75, 3.05) is 0 Å². The van der Waals surface area contributed by atoms with Gasteiger partial charge in [0.2, 0.25) is 0 Å². The summed E-state index contributed by atoms with van der Waals surface area (Å²) in [6.07, 6.45) is 1.60. The Labute approximate surface area is 67.5 Å². The van der Waals surface area contributed by atoms with Crippen LogP contribution in [0, 0.1) is 0 Å². The normalized spacial score (nSPS) is 9.00. The molecule has 1 rings (SSSR count). The average Bonchev–Trinajstić information content (AvgIpc) is 1.95. The van der Waals surface area contributed by atoms with Gasteiger partial charge in [-0.25, -0.2) is 4.98 Å². The van der Waals surface area contributed by atoms with Crippen LogP contribution >= 0.6 is 15.9 Å². The first kappa shape index (κ1) is 7.56. The third-order valence-corrected chi connectivity index (χ3v) is 1.38. The van der Waals surface area contributed by atoms with Crippen molar-refractivity contribution in [3.05, 3.63) is 22.8 Å². The highest BCUT2D eigenvalue weighted by Gasteiger charge is 1.92. The van der Waals surface area contributed by atoms with Crippen molar-refractivity contribution in [1.82, 2.24) is 4.98 Å². The molecule has 10 heavy (non-hydrogen) atoms. The summed E-state index contributed by atoms with van der Waals surface area (Å²) in [4.78, 5) is 3.84. The quantitative estimate of drug-likeness (QED) is 0.709. The second kappa shape index (κ2) is 3.58. The minimum atomic E-state index is -0.339. The molecule has 3 nitrogen and oxygen atoms in total. The molecule has 0 fully saturated rings. The van der Waals surface area contributed by atoms with Crippen molar-refractivity contribution in [3.63, 3.8) is 0 Å². The summed E-state index contributed by atoms with van der Waals surface area (Å²) < 4.78 is 5.57. The van der Waals surface area contributed by atoms with Gasteiger partial charge in [0, 0.05) is 10.7 Å². The maximum atomic E-state index is 8.32. The van der Waals surface area contributed by atoms with Gasteiger partial charge in [0.15, 0.2) is 5.88 Å². The SMILES string of the molecule is OBOc1ccc(Br)cn1. The lowest BCUT2D eigenvalue weighted by Crippen LogP contribution is -2.00. The molecule has 0 aliphatic heterocycles. The van der Waals surface area contributed by atoms with E-state index in [1.807, 2.05) is 0 Å². The summed E-state index contributed by atoms with van der Waals surface area (Å²) in [6, 6.07) is 3.46. The van der Waals surface area contributed by atoms with Crippen LogP contribution in [0.2, 0.25) is 0 Å². The van der Waals surface area contributed by atoms with Crippen LogP contribution in [0.1, 0.15) is 0 Å². The third-order valence-electron chi connectivity index (χ3n) is 0.913. The predicted octanol–water partition coefficient (Wildman–Crippen LogP) is 0.482. The van der Waals surface area contributed by atoms with Gasteiger partial charge in [-0.05, 0) is 28.1 Å². The summed E-state index contributed by atoms with van der Waals surface area (Å²) in [5.74, 6) is 0.422. The van der Waals surface area contributed by atoms with Crippen molar-refractivity contribution in [3.8, 4) is 5.88 Å². The molecule has 52 valence electrons.